The lowest BCUT2D eigenvalue weighted by Gasteiger charge is -1.81. The van der Waals surface area contributed by atoms with Crippen LogP contribution in [0.25, 0.3) is 20.4 Å². The molecule has 0 unspecified atom stereocenters. The second-order valence-corrected chi connectivity index (χ2v) is 6.05. The number of hydrogen-bond donors (Lipinski definition) is 2. The minimum absolute atomic E-state index is 0.0150. The van der Waals surface area contributed by atoms with Gasteiger partial charge in [-0.3, -0.25) is 9.59 Å². The molecule has 2 N–H and O–H groups in total. The molecule has 6 heteroatoms. The van der Waals surface area contributed by atoms with Crippen LogP contribution in [0, 0.1) is 0 Å². The molecule has 20 heavy (non-hydrogen) atoms. The molecule has 0 radical (unpaired) electrons. The van der Waals surface area contributed by atoms with E-state index in [1.54, 1.807) is 0 Å². The summed E-state index contributed by atoms with van der Waals surface area (Å²) in [6.07, 6.45) is 0. The number of para-hydroxylation sites is 2. The third kappa shape index (κ3) is 2.71. The van der Waals surface area contributed by atoms with Crippen molar-refractivity contribution in [1.29, 1.82) is 0 Å². The molecule has 4 nitrogen and oxygen atoms in total. The zero-order valence-electron chi connectivity index (χ0n) is 10.3. The standard InChI is InChI=1S/2C7H5NOS/c2*9-7-8-5-3-1-2-4-6(5)10-7/h2*1-4H,(H,8,9). The summed E-state index contributed by atoms with van der Waals surface area (Å²) >= 11 is 2.48. The molecular weight excluding hydrogens is 292 g/mol. The number of benzene rings is 2. The van der Waals surface area contributed by atoms with E-state index < -0.39 is 0 Å². The summed E-state index contributed by atoms with van der Waals surface area (Å²) in [6, 6.07) is 15.3. The number of aromatic nitrogens is 2. The van der Waals surface area contributed by atoms with Crippen molar-refractivity contribution in [3.8, 4) is 0 Å². The van der Waals surface area contributed by atoms with Crippen LogP contribution in [-0.4, -0.2) is 9.97 Å². The van der Waals surface area contributed by atoms with E-state index in [0.717, 1.165) is 20.4 Å². The fourth-order valence-corrected chi connectivity index (χ4v) is 3.26. The van der Waals surface area contributed by atoms with E-state index in [4.69, 9.17) is 0 Å². The average molecular weight is 302 g/mol. The zero-order valence-corrected chi connectivity index (χ0v) is 11.9. The highest BCUT2D eigenvalue weighted by Crippen LogP contribution is 2.12. The van der Waals surface area contributed by atoms with Gasteiger partial charge in [0.05, 0.1) is 20.4 Å². The van der Waals surface area contributed by atoms with Gasteiger partial charge < -0.3 is 9.97 Å². The first-order valence-corrected chi connectivity index (χ1v) is 7.51. The van der Waals surface area contributed by atoms with Gasteiger partial charge in [-0.1, -0.05) is 46.9 Å². The summed E-state index contributed by atoms with van der Waals surface area (Å²) in [5.74, 6) is 0. The molecule has 2 aromatic carbocycles. The smallest absolute Gasteiger partial charge is 0.305 e. The van der Waals surface area contributed by atoms with Crippen molar-refractivity contribution >= 4 is 43.1 Å². The van der Waals surface area contributed by atoms with E-state index in [1.807, 2.05) is 48.5 Å². The van der Waals surface area contributed by atoms with E-state index in [2.05, 4.69) is 9.97 Å². The lowest BCUT2D eigenvalue weighted by Crippen LogP contribution is -1.89. The van der Waals surface area contributed by atoms with Crippen LogP contribution < -0.4 is 9.75 Å². The normalized spacial score (nSPS) is 10.4. The molecule has 0 aliphatic carbocycles. The Morgan fingerprint density at radius 2 is 1.05 bits per heavy atom. The van der Waals surface area contributed by atoms with Gasteiger partial charge in [-0.2, -0.15) is 0 Å². The molecule has 4 rings (SSSR count). The highest BCUT2D eigenvalue weighted by molar-refractivity contribution is 7.16. The van der Waals surface area contributed by atoms with Crippen LogP contribution in [0.5, 0.6) is 0 Å². The fraction of sp³-hybridized carbons (Fsp3) is 0. The summed E-state index contributed by atoms with van der Waals surface area (Å²) in [4.78, 5) is 27.0. The highest BCUT2D eigenvalue weighted by atomic mass is 32.1. The number of aromatic amines is 2. The van der Waals surface area contributed by atoms with Gasteiger partial charge >= 0.3 is 9.75 Å². The Morgan fingerprint density at radius 3 is 1.45 bits per heavy atom. The maximum atomic E-state index is 10.8. The average Bonchev–Trinajstić information content (AvgIpc) is 2.99. The molecule has 0 amide bonds. The Labute approximate surface area is 121 Å². The van der Waals surface area contributed by atoms with Gasteiger partial charge in [0.2, 0.25) is 0 Å². The Bertz CT molecular complexity index is 810. The monoisotopic (exact) mass is 302 g/mol. The van der Waals surface area contributed by atoms with Crippen molar-refractivity contribution < 1.29 is 0 Å². The molecule has 100 valence electrons. The third-order valence-corrected chi connectivity index (χ3v) is 4.38. The topological polar surface area (TPSA) is 65.7 Å². The molecule has 0 aliphatic rings. The van der Waals surface area contributed by atoms with Gasteiger partial charge in [0, 0.05) is 0 Å². The Kier molecular flexibility index (Phi) is 3.49. The Morgan fingerprint density at radius 1 is 0.650 bits per heavy atom. The number of hydrogen-bond acceptors (Lipinski definition) is 4. The van der Waals surface area contributed by atoms with Crippen LogP contribution in [0.1, 0.15) is 0 Å². The van der Waals surface area contributed by atoms with Crippen LogP contribution in [0.15, 0.2) is 58.1 Å². The highest BCUT2D eigenvalue weighted by Gasteiger charge is 1.94. The first-order chi connectivity index (χ1) is 9.72. The Balaban J connectivity index is 0.000000121. The molecule has 0 saturated carbocycles. The van der Waals surface area contributed by atoms with Crippen LogP contribution in [-0.2, 0) is 0 Å². The second-order valence-electron chi connectivity index (χ2n) is 4.02. The van der Waals surface area contributed by atoms with E-state index in [0.29, 0.717) is 0 Å². The molecule has 0 fully saturated rings. The van der Waals surface area contributed by atoms with Gasteiger partial charge in [-0.05, 0) is 24.3 Å². The van der Waals surface area contributed by atoms with Gasteiger partial charge in [-0.25, -0.2) is 0 Å². The van der Waals surface area contributed by atoms with Crippen molar-refractivity contribution in [2.75, 3.05) is 0 Å². The lowest BCUT2D eigenvalue weighted by molar-refractivity contribution is 1.41. The summed E-state index contributed by atoms with van der Waals surface area (Å²) in [7, 11) is 0. The molecular formula is C14H10N2O2S2. The van der Waals surface area contributed by atoms with Crippen LogP contribution >= 0.6 is 22.7 Å². The lowest BCUT2D eigenvalue weighted by atomic mass is 10.3. The van der Waals surface area contributed by atoms with Gasteiger partial charge in [0.15, 0.2) is 0 Å². The molecule has 4 aromatic rings. The molecule has 0 atom stereocenters. The van der Waals surface area contributed by atoms with Gasteiger partial charge in [0.25, 0.3) is 0 Å². The first-order valence-electron chi connectivity index (χ1n) is 5.88. The Hall–Kier alpha value is -2.18. The van der Waals surface area contributed by atoms with Crippen molar-refractivity contribution in [3.63, 3.8) is 0 Å². The van der Waals surface area contributed by atoms with E-state index in [1.165, 1.54) is 22.7 Å². The molecule has 0 saturated heterocycles. The number of fused-ring (bicyclic) bond motifs is 2. The van der Waals surface area contributed by atoms with E-state index in [9.17, 15) is 9.59 Å². The molecule has 2 heterocycles. The molecule has 0 bridgehead atoms. The van der Waals surface area contributed by atoms with Crippen molar-refractivity contribution in [2.45, 2.75) is 0 Å². The summed E-state index contributed by atoms with van der Waals surface area (Å²) < 4.78 is 2.04. The summed E-state index contributed by atoms with van der Waals surface area (Å²) in [6.45, 7) is 0. The fourth-order valence-electron chi connectivity index (χ4n) is 1.79. The number of nitrogens with one attached hydrogen (secondary N) is 2. The van der Waals surface area contributed by atoms with E-state index in [-0.39, 0.29) is 9.75 Å². The quantitative estimate of drug-likeness (QED) is 0.524. The van der Waals surface area contributed by atoms with Crippen LogP contribution in [0.3, 0.4) is 0 Å². The van der Waals surface area contributed by atoms with E-state index >= 15 is 0 Å². The summed E-state index contributed by atoms with van der Waals surface area (Å²) in [5.41, 5.74) is 1.86. The number of rotatable bonds is 0. The predicted octanol–water partition coefficient (Wildman–Crippen LogP) is 3.18. The zero-order chi connectivity index (χ0) is 13.9. The number of thiazole rings is 2. The van der Waals surface area contributed by atoms with Gasteiger partial charge in [0.1, 0.15) is 0 Å². The molecule has 0 spiro atoms. The largest absolute Gasteiger partial charge is 0.312 e. The van der Waals surface area contributed by atoms with Crippen LogP contribution in [0.2, 0.25) is 0 Å². The molecule has 0 aliphatic heterocycles. The van der Waals surface area contributed by atoms with Crippen LogP contribution in [0.4, 0.5) is 0 Å². The number of H-pyrrole nitrogens is 2. The van der Waals surface area contributed by atoms with Gasteiger partial charge in [-0.15, -0.1) is 0 Å². The SMILES string of the molecule is O=c1[nH]c2ccccc2s1.O=c1[nH]c2ccccc2s1. The molecule has 2 aromatic heterocycles. The minimum Gasteiger partial charge on any atom is -0.312 e. The van der Waals surface area contributed by atoms with Crippen molar-refractivity contribution in [3.05, 3.63) is 67.9 Å². The first kappa shape index (κ1) is 12.8. The summed E-state index contributed by atoms with van der Waals surface area (Å²) in [5, 5.41) is 0. The van der Waals surface area contributed by atoms with Crippen molar-refractivity contribution in [1.82, 2.24) is 9.97 Å². The van der Waals surface area contributed by atoms with Crippen molar-refractivity contribution in [2.24, 2.45) is 0 Å². The predicted molar refractivity (Wildman–Crippen MR) is 84.9 cm³/mol. The second kappa shape index (κ2) is 5.44. The minimum atomic E-state index is 0.0150. The maximum Gasteiger partial charge on any atom is 0.305 e. The maximum absolute atomic E-state index is 10.8. The third-order valence-electron chi connectivity index (χ3n) is 2.65.